The summed E-state index contributed by atoms with van der Waals surface area (Å²) in [5.41, 5.74) is 0.775. The van der Waals surface area contributed by atoms with Crippen LogP contribution < -0.4 is 5.32 Å². The molecule has 0 aromatic heterocycles. The van der Waals surface area contributed by atoms with Crippen LogP contribution in [0.3, 0.4) is 0 Å². The van der Waals surface area contributed by atoms with Crippen LogP contribution in [0.4, 0.5) is 10.5 Å². The summed E-state index contributed by atoms with van der Waals surface area (Å²) in [5.74, 6) is 0. The maximum Gasteiger partial charge on any atom is 0.408 e. The Kier molecular flexibility index (Phi) is 8.72. The lowest BCUT2D eigenvalue weighted by Crippen LogP contribution is -2.40. The molecule has 0 heterocycles. The summed E-state index contributed by atoms with van der Waals surface area (Å²) >= 11 is 0. The monoisotopic (exact) mass is 428 g/mol. The topological polar surface area (TPSA) is 111 Å². The van der Waals surface area contributed by atoms with Crippen molar-refractivity contribution in [2.24, 2.45) is 0 Å². The van der Waals surface area contributed by atoms with Crippen molar-refractivity contribution in [1.29, 1.82) is 0 Å². The summed E-state index contributed by atoms with van der Waals surface area (Å²) in [6.45, 7) is 5.83. The second-order valence-corrected chi connectivity index (χ2v) is 7.93. The van der Waals surface area contributed by atoms with Gasteiger partial charge in [0, 0.05) is 12.1 Å². The van der Waals surface area contributed by atoms with Gasteiger partial charge in [-0.3, -0.25) is 10.1 Å². The highest BCUT2D eigenvalue weighted by atomic mass is 16.6. The van der Waals surface area contributed by atoms with Gasteiger partial charge in [0.15, 0.2) is 0 Å². The van der Waals surface area contributed by atoms with Crippen LogP contribution in [0.15, 0.2) is 66.7 Å². The Morgan fingerprint density at radius 2 is 1.77 bits per heavy atom. The number of alkyl carbamates (subject to hydrolysis) is 1. The third-order valence-corrected chi connectivity index (χ3v) is 4.08. The molecular weight excluding hydrogens is 400 g/mol. The second kappa shape index (κ2) is 11.2. The summed E-state index contributed by atoms with van der Waals surface area (Å²) < 4.78 is 11.0. The summed E-state index contributed by atoms with van der Waals surface area (Å²) in [6.07, 6.45) is 1.50. The standard InChI is InChI=1S/C23H28N2O6/c1-23(2,3)31-22(27)24-19(16-30-15-17-7-5-4-6-8-17)11-14-21(26)18-9-12-20(13-10-18)25(28)29/h4-14,19,21,26H,15-16H2,1-3H3,(H,24,27)/b14-11-/t19-,21+/m1/s1. The number of ether oxygens (including phenoxy) is 2. The number of aliphatic hydroxyl groups is 1. The van der Waals surface area contributed by atoms with Gasteiger partial charge in [-0.2, -0.15) is 0 Å². The molecule has 0 bridgehead atoms. The van der Waals surface area contributed by atoms with Gasteiger partial charge in [0.05, 0.1) is 30.3 Å². The average Bonchev–Trinajstić information content (AvgIpc) is 2.71. The van der Waals surface area contributed by atoms with Crippen LogP contribution in [0, 0.1) is 10.1 Å². The predicted octanol–water partition coefficient (Wildman–Crippen LogP) is 4.29. The van der Waals surface area contributed by atoms with E-state index in [1.54, 1.807) is 26.8 Å². The van der Waals surface area contributed by atoms with E-state index in [-0.39, 0.29) is 12.3 Å². The minimum atomic E-state index is -1.00. The Hall–Kier alpha value is -3.23. The quantitative estimate of drug-likeness (QED) is 0.350. The molecule has 0 fully saturated rings. The number of hydrogen-bond acceptors (Lipinski definition) is 6. The Labute approximate surface area is 181 Å². The van der Waals surface area contributed by atoms with Gasteiger partial charge in [0.25, 0.3) is 5.69 Å². The molecule has 0 aliphatic heterocycles. The van der Waals surface area contributed by atoms with Gasteiger partial charge in [-0.25, -0.2) is 4.79 Å². The molecule has 166 valence electrons. The second-order valence-electron chi connectivity index (χ2n) is 7.93. The molecule has 2 N–H and O–H groups in total. The number of nitro benzene ring substituents is 1. The molecule has 0 saturated carbocycles. The van der Waals surface area contributed by atoms with Crippen molar-refractivity contribution in [3.63, 3.8) is 0 Å². The summed E-state index contributed by atoms with van der Waals surface area (Å²) in [7, 11) is 0. The maximum atomic E-state index is 12.2. The van der Waals surface area contributed by atoms with Crippen LogP contribution in [0.2, 0.25) is 0 Å². The number of carbonyl (C=O) groups excluding carboxylic acids is 1. The van der Waals surface area contributed by atoms with Crippen molar-refractivity contribution in [2.75, 3.05) is 6.61 Å². The van der Waals surface area contributed by atoms with Gasteiger partial charge in [-0.1, -0.05) is 42.5 Å². The number of non-ortho nitro benzene ring substituents is 1. The van der Waals surface area contributed by atoms with Crippen molar-refractivity contribution >= 4 is 11.8 Å². The number of hydrogen-bond donors (Lipinski definition) is 2. The van der Waals surface area contributed by atoms with E-state index in [2.05, 4.69) is 5.32 Å². The summed E-state index contributed by atoms with van der Waals surface area (Å²) in [6, 6.07) is 14.7. The molecule has 0 aliphatic rings. The highest BCUT2D eigenvalue weighted by Crippen LogP contribution is 2.19. The number of benzene rings is 2. The molecule has 8 heteroatoms. The summed E-state index contributed by atoms with van der Waals surface area (Å²) in [4.78, 5) is 22.4. The largest absolute Gasteiger partial charge is 0.444 e. The van der Waals surface area contributed by atoms with Crippen LogP contribution in [-0.2, 0) is 16.1 Å². The average molecular weight is 428 g/mol. The molecule has 31 heavy (non-hydrogen) atoms. The van der Waals surface area contributed by atoms with E-state index in [1.807, 2.05) is 30.3 Å². The third kappa shape index (κ3) is 8.98. The van der Waals surface area contributed by atoms with Crippen LogP contribution in [0.5, 0.6) is 0 Å². The number of carbonyl (C=O) groups is 1. The maximum absolute atomic E-state index is 12.2. The normalized spacial score (nSPS) is 13.5. The zero-order valence-electron chi connectivity index (χ0n) is 17.9. The van der Waals surface area contributed by atoms with Gasteiger partial charge < -0.3 is 19.9 Å². The highest BCUT2D eigenvalue weighted by Gasteiger charge is 2.19. The first kappa shape index (κ1) is 24.0. The van der Waals surface area contributed by atoms with E-state index in [1.165, 1.54) is 30.3 Å². The van der Waals surface area contributed by atoms with Crippen LogP contribution in [0.25, 0.3) is 0 Å². The molecule has 2 rings (SSSR count). The smallest absolute Gasteiger partial charge is 0.408 e. The molecule has 0 radical (unpaired) electrons. The number of aliphatic hydroxyl groups excluding tert-OH is 1. The van der Waals surface area contributed by atoms with Crippen LogP contribution in [0.1, 0.15) is 38.0 Å². The lowest BCUT2D eigenvalue weighted by molar-refractivity contribution is -0.384. The van der Waals surface area contributed by atoms with Crippen LogP contribution in [-0.4, -0.2) is 34.4 Å². The van der Waals surface area contributed by atoms with E-state index < -0.39 is 28.8 Å². The zero-order valence-corrected chi connectivity index (χ0v) is 17.9. The minimum absolute atomic E-state index is 0.0567. The first-order valence-electron chi connectivity index (χ1n) is 9.86. The molecule has 0 saturated heterocycles. The Morgan fingerprint density at radius 1 is 1.13 bits per heavy atom. The van der Waals surface area contributed by atoms with E-state index in [0.717, 1.165) is 5.56 Å². The number of nitrogens with zero attached hydrogens (tertiary/aromatic N) is 1. The van der Waals surface area contributed by atoms with Crippen molar-refractivity contribution in [1.82, 2.24) is 5.32 Å². The fraction of sp³-hybridized carbons (Fsp3) is 0.348. The summed E-state index contributed by atoms with van der Waals surface area (Å²) in [5, 5.41) is 23.9. The number of amides is 1. The lowest BCUT2D eigenvalue weighted by Gasteiger charge is -2.22. The zero-order chi connectivity index (χ0) is 22.9. The Bertz CT molecular complexity index is 875. The van der Waals surface area contributed by atoms with E-state index in [9.17, 15) is 20.0 Å². The molecule has 8 nitrogen and oxygen atoms in total. The van der Waals surface area contributed by atoms with E-state index >= 15 is 0 Å². The fourth-order valence-corrected chi connectivity index (χ4v) is 2.63. The number of rotatable bonds is 9. The molecule has 2 aromatic rings. The molecule has 0 spiro atoms. The van der Waals surface area contributed by atoms with E-state index in [0.29, 0.717) is 12.2 Å². The third-order valence-electron chi connectivity index (χ3n) is 4.08. The molecule has 2 atom stereocenters. The molecule has 1 amide bonds. The van der Waals surface area contributed by atoms with E-state index in [4.69, 9.17) is 9.47 Å². The van der Waals surface area contributed by atoms with Gasteiger partial charge in [0.1, 0.15) is 5.60 Å². The minimum Gasteiger partial charge on any atom is -0.444 e. The van der Waals surface area contributed by atoms with Crippen molar-refractivity contribution in [3.8, 4) is 0 Å². The number of nitrogens with one attached hydrogen (secondary N) is 1. The first-order valence-corrected chi connectivity index (χ1v) is 9.86. The van der Waals surface area contributed by atoms with Crippen molar-refractivity contribution in [2.45, 2.75) is 45.1 Å². The molecule has 0 unspecified atom stereocenters. The highest BCUT2D eigenvalue weighted by molar-refractivity contribution is 5.68. The predicted molar refractivity (Wildman–Crippen MR) is 116 cm³/mol. The van der Waals surface area contributed by atoms with Gasteiger partial charge in [-0.15, -0.1) is 0 Å². The lowest BCUT2D eigenvalue weighted by atomic mass is 10.1. The number of nitro groups is 1. The molecule has 2 aromatic carbocycles. The Balaban J connectivity index is 2.02. The van der Waals surface area contributed by atoms with Crippen LogP contribution >= 0.6 is 0 Å². The molecule has 0 aliphatic carbocycles. The van der Waals surface area contributed by atoms with Crippen molar-refractivity contribution < 1.29 is 24.3 Å². The van der Waals surface area contributed by atoms with Gasteiger partial charge >= 0.3 is 6.09 Å². The fourth-order valence-electron chi connectivity index (χ4n) is 2.63. The van der Waals surface area contributed by atoms with Gasteiger partial charge in [-0.05, 0) is 44.0 Å². The SMILES string of the molecule is CC(C)(C)OC(=O)N[C@H](/C=C\[C@H](O)c1ccc([N+](=O)[O-])cc1)COCc1ccccc1. The molecular formula is C23H28N2O6. The van der Waals surface area contributed by atoms with Gasteiger partial charge in [0.2, 0.25) is 0 Å². The Morgan fingerprint density at radius 3 is 2.35 bits per heavy atom. The first-order chi connectivity index (χ1) is 14.6. The van der Waals surface area contributed by atoms with Crippen molar-refractivity contribution in [3.05, 3.63) is 88.0 Å².